The minimum absolute atomic E-state index is 0.0307. The van der Waals surface area contributed by atoms with E-state index >= 15 is 0 Å². The minimum Gasteiger partial charge on any atom is -0.461 e. The zero-order chi connectivity index (χ0) is 35.9. The number of carbonyl (C=O) groups excluding carboxylic acids is 4. The molecule has 3 aromatic rings. The monoisotopic (exact) mass is 706 g/mol. The molecule has 2 aromatic carbocycles. The Hall–Kier alpha value is -5.19. The maximum atomic E-state index is 13.0. The normalized spacial score (nSPS) is 13.9. The molecule has 49 heavy (non-hydrogen) atoms. The van der Waals surface area contributed by atoms with E-state index < -0.39 is 66.7 Å². The molecule has 1 fully saturated rings. The summed E-state index contributed by atoms with van der Waals surface area (Å²) in [6.07, 6.45) is -3.73. The third kappa shape index (κ3) is 10.7. The number of hydrogen-bond donors (Lipinski definition) is 4. The van der Waals surface area contributed by atoms with Crippen LogP contribution in [0.3, 0.4) is 0 Å². The number of esters is 1. The van der Waals surface area contributed by atoms with Crippen molar-refractivity contribution in [3.63, 3.8) is 0 Å². The van der Waals surface area contributed by atoms with E-state index in [-0.39, 0.29) is 17.5 Å². The van der Waals surface area contributed by atoms with Gasteiger partial charge in [-0.3, -0.25) is 14.4 Å². The number of anilines is 3. The van der Waals surface area contributed by atoms with Crippen molar-refractivity contribution in [3.05, 3.63) is 64.7 Å². The van der Waals surface area contributed by atoms with Gasteiger partial charge in [-0.05, 0) is 68.7 Å². The molecule has 0 radical (unpaired) electrons. The number of amides is 3. The number of halogens is 4. The second-order valence-corrected chi connectivity index (χ2v) is 11.9. The van der Waals surface area contributed by atoms with Gasteiger partial charge < -0.3 is 35.6 Å². The van der Waals surface area contributed by atoms with E-state index in [2.05, 4.69) is 36.2 Å². The van der Waals surface area contributed by atoms with Crippen molar-refractivity contribution in [2.24, 2.45) is 0 Å². The molecule has 4 N–H and O–H groups in total. The lowest BCUT2D eigenvalue weighted by molar-refractivity contribution is -0.154. The Kier molecular flexibility index (Phi) is 11.5. The van der Waals surface area contributed by atoms with Gasteiger partial charge >= 0.3 is 30.0 Å². The molecule has 1 heterocycles. The van der Waals surface area contributed by atoms with Crippen LogP contribution in [-0.2, 0) is 24.7 Å². The number of nitrogens with one attached hydrogen (secondary N) is 4. The molecule has 1 aliphatic carbocycles. The molecule has 18 heteroatoms. The molecular weight excluding hydrogens is 673 g/mol. The summed E-state index contributed by atoms with van der Waals surface area (Å²) in [5.74, 6) is -3.52. The van der Waals surface area contributed by atoms with Gasteiger partial charge in [0.25, 0.3) is 5.91 Å². The first-order valence-corrected chi connectivity index (χ1v) is 15.3. The first kappa shape index (κ1) is 36.6. The summed E-state index contributed by atoms with van der Waals surface area (Å²) in [4.78, 5) is 63.0. The Bertz CT molecular complexity index is 1670. The van der Waals surface area contributed by atoms with Crippen LogP contribution in [0.2, 0.25) is 5.02 Å². The van der Waals surface area contributed by atoms with Crippen LogP contribution in [0.5, 0.6) is 6.01 Å². The summed E-state index contributed by atoms with van der Waals surface area (Å²) < 4.78 is 48.7. The van der Waals surface area contributed by atoms with E-state index in [4.69, 9.17) is 21.1 Å². The van der Waals surface area contributed by atoms with Gasteiger partial charge in [-0.25, -0.2) is 4.79 Å². The van der Waals surface area contributed by atoms with Crippen molar-refractivity contribution >= 4 is 52.9 Å². The third-order valence-electron chi connectivity index (χ3n) is 6.89. The zero-order valence-corrected chi connectivity index (χ0v) is 27.6. The van der Waals surface area contributed by atoms with Crippen LogP contribution >= 0.6 is 11.6 Å². The lowest BCUT2D eigenvalue weighted by Crippen LogP contribution is -2.51. The molecule has 1 saturated carbocycles. The summed E-state index contributed by atoms with van der Waals surface area (Å²) >= 11 is 6.02. The van der Waals surface area contributed by atoms with E-state index in [1.165, 1.54) is 38.4 Å². The molecule has 0 aliphatic heterocycles. The fraction of sp³-hybridized carbons (Fsp3) is 0.387. The Morgan fingerprint density at radius 2 is 1.59 bits per heavy atom. The van der Waals surface area contributed by atoms with Gasteiger partial charge in [0.05, 0.1) is 11.6 Å². The number of benzene rings is 2. The molecule has 1 aliphatic rings. The topological polar surface area (TPSA) is 177 Å². The van der Waals surface area contributed by atoms with Crippen LogP contribution in [0.4, 0.5) is 30.8 Å². The van der Waals surface area contributed by atoms with Crippen LogP contribution in [0.25, 0.3) is 0 Å². The van der Waals surface area contributed by atoms with Crippen molar-refractivity contribution in [2.75, 3.05) is 37.9 Å². The first-order valence-electron chi connectivity index (χ1n) is 14.9. The first-order chi connectivity index (χ1) is 23.0. The van der Waals surface area contributed by atoms with E-state index in [9.17, 15) is 32.3 Å². The van der Waals surface area contributed by atoms with Crippen LogP contribution in [0.15, 0.2) is 48.5 Å². The lowest BCUT2D eigenvalue weighted by Gasteiger charge is -2.20. The van der Waals surface area contributed by atoms with Crippen LogP contribution in [-0.4, -0.2) is 89.1 Å². The van der Waals surface area contributed by atoms with Gasteiger partial charge in [0, 0.05) is 36.9 Å². The average Bonchev–Trinajstić information content (AvgIpc) is 3.81. The molecule has 14 nitrogen and oxygen atoms in total. The molecular formula is C31H34ClF3N8O6. The predicted molar refractivity (Wildman–Crippen MR) is 171 cm³/mol. The number of rotatable bonds is 13. The highest BCUT2D eigenvalue weighted by Gasteiger charge is 2.45. The molecule has 0 saturated heterocycles. The fourth-order valence-electron chi connectivity index (χ4n) is 4.33. The van der Waals surface area contributed by atoms with E-state index in [0.29, 0.717) is 23.6 Å². The Morgan fingerprint density at radius 3 is 2.16 bits per heavy atom. The fourth-order valence-corrected chi connectivity index (χ4v) is 4.46. The summed E-state index contributed by atoms with van der Waals surface area (Å²) in [5, 5.41) is 11.4. The summed E-state index contributed by atoms with van der Waals surface area (Å²) in [7, 11) is 2.77. The lowest BCUT2D eigenvalue weighted by atomic mass is 10.1. The largest absolute Gasteiger partial charge is 0.461 e. The number of ether oxygens (including phenoxy) is 2. The summed E-state index contributed by atoms with van der Waals surface area (Å²) in [5.41, 5.74) is 0.792. The van der Waals surface area contributed by atoms with Crippen molar-refractivity contribution in [2.45, 2.75) is 50.6 Å². The molecule has 1 aromatic heterocycles. The summed E-state index contributed by atoms with van der Waals surface area (Å²) in [6.45, 7) is 1.18. The molecule has 3 amide bonds. The highest BCUT2D eigenvalue weighted by molar-refractivity contribution is 6.34. The third-order valence-corrected chi connectivity index (χ3v) is 7.14. The summed E-state index contributed by atoms with van der Waals surface area (Å²) in [6, 6.07) is 11.0. The Morgan fingerprint density at radius 1 is 0.959 bits per heavy atom. The molecule has 4 rings (SSSR count). The number of aromatic nitrogens is 3. The molecule has 1 unspecified atom stereocenters. The Labute approximate surface area is 284 Å². The van der Waals surface area contributed by atoms with Crippen molar-refractivity contribution in [1.29, 1.82) is 0 Å². The van der Waals surface area contributed by atoms with Crippen LogP contribution in [0.1, 0.15) is 42.6 Å². The molecule has 262 valence electrons. The van der Waals surface area contributed by atoms with Gasteiger partial charge in [-0.15, -0.1) is 0 Å². The SMILES string of the molecule is CC(C)OC(=O)C(CNC(=O)C(=O)N(C)C)NC(=O)c1ccc(Nc2nc(NC3(c4ccc(Cl)cc4)CC3)nc(OCC(F)(F)F)n2)cc1. The maximum Gasteiger partial charge on any atom is 0.422 e. The van der Waals surface area contributed by atoms with Crippen molar-refractivity contribution in [1.82, 2.24) is 30.5 Å². The number of likely N-dealkylation sites (N-methyl/N-ethyl adjacent to an activating group) is 1. The predicted octanol–water partition coefficient (Wildman–Crippen LogP) is 3.57. The Balaban J connectivity index is 1.49. The van der Waals surface area contributed by atoms with Gasteiger partial charge in [0.2, 0.25) is 11.9 Å². The van der Waals surface area contributed by atoms with Gasteiger partial charge in [0.1, 0.15) is 6.04 Å². The maximum absolute atomic E-state index is 13.0. The standard InChI is InChI=1S/C31H34ClF3N8O6/c1-17(2)49-26(47)22(15-36-24(45)25(46)43(3)4)38-23(44)18-5-11-21(12-6-18)37-27-39-28(41-29(40-27)48-16-31(33,34)35)42-30(13-14-30)19-7-9-20(32)10-8-19/h5-12,17,22H,13-16H2,1-4H3,(H,36,45)(H,38,44)(H2,37,39,40,41,42). The smallest absolute Gasteiger partial charge is 0.422 e. The highest BCUT2D eigenvalue weighted by Crippen LogP contribution is 2.48. The minimum atomic E-state index is -4.63. The average molecular weight is 707 g/mol. The van der Waals surface area contributed by atoms with Crippen LogP contribution < -0.4 is 26.0 Å². The second kappa shape index (κ2) is 15.4. The van der Waals surface area contributed by atoms with E-state index in [1.807, 2.05) is 12.1 Å². The second-order valence-electron chi connectivity index (χ2n) is 11.5. The number of alkyl halides is 3. The molecule has 0 spiro atoms. The van der Waals surface area contributed by atoms with Crippen molar-refractivity contribution in [3.8, 4) is 6.01 Å². The van der Waals surface area contributed by atoms with E-state index in [1.54, 1.807) is 26.0 Å². The molecule has 0 bridgehead atoms. The van der Waals surface area contributed by atoms with Gasteiger partial charge in [-0.2, -0.15) is 28.1 Å². The van der Waals surface area contributed by atoms with Gasteiger partial charge in [0.15, 0.2) is 6.61 Å². The number of carbonyl (C=O) groups is 4. The molecule has 1 atom stereocenters. The van der Waals surface area contributed by atoms with Crippen molar-refractivity contribution < 1.29 is 41.8 Å². The van der Waals surface area contributed by atoms with Gasteiger partial charge in [-0.1, -0.05) is 23.7 Å². The number of nitrogens with zero attached hydrogens (tertiary/aromatic N) is 4. The van der Waals surface area contributed by atoms with Crippen LogP contribution in [0, 0.1) is 0 Å². The highest BCUT2D eigenvalue weighted by atomic mass is 35.5. The van der Waals surface area contributed by atoms with E-state index in [0.717, 1.165) is 10.5 Å². The zero-order valence-electron chi connectivity index (χ0n) is 26.9. The number of hydrogen-bond acceptors (Lipinski definition) is 11. The quantitative estimate of drug-likeness (QED) is 0.151.